The molecular formula is C24H30O3S2Si. The van der Waals surface area contributed by atoms with E-state index in [4.69, 9.17) is 13.3 Å². The van der Waals surface area contributed by atoms with Crippen molar-refractivity contribution in [3.05, 3.63) is 64.5 Å². The molecule has 3 aromatic rings. The van der Waals surface area contributed by atoms with Gasteiger partial charge in [-0.3, -0.25) is 0 Å². The molecular weight excluding hydrogens is 428 g/mol. The first-order valence-electron chi connectivity index (χ1n) is 10.5. The van der Waals surface area contributed by atoms with Gasteiger partial charge in [-0.25, -0.2) is 0 Å². The van der Waals surface area contributed by atoms with Crippen LogP contribution in [-0.2, 0) is 19.7 Å². The lowest BCUT2D eigenvalue weighted by atomic mass is 10.1. The molecule has 0 fully saturated rings. The molecule has 0 unspecified atom stereocenters. The predicted octanol–water partition coefficient (Wildman–Crippen LogP) is 6.46. The van der Waals surface area contributed by atoms with Crippen LogP contribution in [-0.4, -0.2) is 28.6 Å². The molecule has 0 atom stereocenters. The van der Waals surface area contributed by atoms with Crippen LogP contribution in [0, 0.1) is 0 Å². The molecule has 6 heteroatoms. The van der Waals surface area contributed by atoms with Gasteiger partial charge in [0.2, 0.25) is 0 Å². The first-order valence-corrected chi connectivity index (χ1v) is 13.9. The Labute approximate surface area is 189 Å². The Morgan fingerprint density at radius 3 is 1.90 bits per heavy atom. The first kappa shape index (κ1) is 23.1. The Morgan fingerprint density at radius 1 is 0.700 bits per heavy atom. The zero-order valence-corrected chi connectivity index (χ0v) is 20.8. The number of benzene rings is 1. The van der Waals surface area contributed by atoms with Crippen LogP contribution in [0.25, 0.3) is 21.9 Å². The Balaban J connectivity index is 1.78. The summed E-state index contributed by atoms with van der Waals surface area (Å²) < 4.78 is 19.2. The third kappa shape index (κ3) is 5.57. The SMILES string of the molecule is CCO[Si](OCC)(OCC)c1ccc(-c2ccc(C=Cc3ccc(CC)cc3)s2)s1. The average Bonchev–Trinajstić information content (AvgIpc) is 3.43. The summed E-state index contributed by atoms with van der Waals surface area (Å²) in [6.07, 6.45) is 5.43. The summed E-state index contributed by atoms with van der Waals surface area (Å²) in [4.78, 5) is 3.71. The van der Waals surface area contributed by atoms with Gasteiger partial charge in [-0.05, 0) is 68.7 Å². The molecule has 3 rings (SSSR count). The van der Waals surface area contributed by atoms with E-state index in [0.717, 1.165) is 10.9 Å². The third-order valence-corrected chi connectivity index (χ3v) is 10.6. The lowest BCUT2D eigenvalue weighted by Crippen LogP contribution is -2.55. The van der Waals surface area contributed by atoms with Crippen molar-refractivity contribution in [2.45, 2.75) is 34.1 Å². The quantitative estimate of drug-likeness (QED) is 0.308. The summed E-state index contributed by atoms with van der Waals surface area (Å²) in [5.74, 6) is 0. The summed E-state index contributed by atoms with van der Waals surface area (Å²) in [6, 6.07) is 17.4. The molecule has 0 saturated heterocycles. The van der Waals surface area contributed by atoms with Gasteiger partial charge in [0.05, 0.1) is 4.50 Å². The van der Waals surface area contributed by atoms with Crippen LogP contribution < -0.4 is 4.50 Å². The lowest BCUT2D eigenvalue weighted by Gasteiger charge is -2.27. The van der Waals surface area contributed by atoms with E-state index in [1.807, 2.05) is 20.8 Å². The van der Waals surface area contributed by atoms with Crippen LogP contribution in [0.15, 0.2) is 48.5 Å². The topological polar surface area (TPSA) is 27.7 Å². The minimum absolute atomic E-state index is 0.576. The fourth-order valence-corrected chi connectivity index (χ4v) is 8.38. The van der Waals surface area contributed by atoms with Crippen LogP contribution in [0.3, 0.4) is 0 Å². The molecule has 2 heterocycles. The van der Waals surface area contributed by atoms with Gasteiger partial charge >= 0.3 is 8.80 Å². The van der Waals surface area contributed by atoms with Crippen LogP contribution in [0.1, 0.15) is 43.7 Å². The first-order chi connectivity index (χ1) is 14.6. The normalized spacial score (nSPS) is 12.1. The number of hydrogen-bond acceptors (Lipinski definition) is 5. The fourth-order valence-electron chi connectivity index (χ4n) is 3.16. The van der Waals surface area contributed by atoms with Gasteiger partial charge in [-0.1, -0.05) is 37.3 Å². The van der Waals surface area contributed by atoms with Crippen molar-refractivity contribution >= 4 is 48.1 Å². The molecule has 2 aromatic heterocycles. The molecule has 0 radical (unpaired) electrons. The van der Waals surface area contributed by atoms with Crippen molar-refractivity contribution in [3.63, 3.8) is 0 Å². The van der Waals surface area contributed by atoms with E-state index in [-0.39, 0.29) is 0 Å². The Bertz CT molecular complexity index is 927. The average molecular weight is 459 g/mol. The summed E-state index contributed by atoms with van der Waals surface area (Å²) in [5.41, 5.74) is 2.59. The highest BCUT2D eigenvalue weighted by Gasteiger charge is 2.44. The van der Waals surface area contributed by atoms with Gasteiger partial charge in [-0.2, -0.15) is 0 Å². The van der Waals surface area contributed by atoms with E-state index in [1.165, 1.54) is 25.8 Å². The Kier molecular flexibility index (Phi) is 8.62. The number of aryl methyl sites for hydroxylation is 1. The Hall–Kier alpha value is -1.54. The van der Waals surface area contributed by atoms with Crippen molar-refractivity contribution in [1.82, 2.24) is 0 Å². The van der Waals surface area contributed by atoms with Crippen LogP contribution in [0.4, 0.5) is 0 Å². The summed E-state index contributed by atoms with van der Waals surface area (Å²) in [7, 11) is -2.83. The van der Waals surface area contributed by atoms with Gasteiger partial charge in [0, 0.05) is 34.5 Å². The highest BCUT2D eigenvalue weighted by molar-refractivity contribution is 7.29. The molecule has 0 bridgehead atoms. The fraction of sp³-hybridized carbons (Fsp3) is 0.333. The van der Waals surface area contributed by atoms with Crippen molar-refractivity contribution in [2.75, 3.05) is 19.8 Å². The van der Waals surface area contributed by atoms with E-state index in [0.29, 0.717) is 19.8 Å². The van der Waals surface area contributed by atoms with Gasteiger partial charge in [-0.15, -0.1) is 22.7 Å². The largest absolute Gasteiger partial charge is 0.547 e. The van der Waals surface area contributed by atoms with Gasteiger partial charge in [0.25, 0.3) is 0 Å². The van der Waals surface area contributed by atoms with Crippen molar-refractivity contribution < 1.29 is 13.3 Å². The molecule has 0 amide bonds. The second-order valence-corrected chi connectivity index (χ2v) is 11.7. The smallest absolute Gasteiger partial charge is 0.370 e. The van der Waals surface area contributed by atoms with E-state index in [1.54, 1.807) is 22.7 Å². The molecule has 0 aliphatic rings. The van der Waals surface area contributed by atoms with E-state index < -0.39 is 8.80 Å². The van der Waals surface area contributed by atoms with Crippen LogP contribution in [0.5, 0.6) is 0 Å². The summed E-state index contributed by atoms with van der Waals surface area (Å²) in [5, 5.41) is 0. The van der Waals surface area contributed by atoms with Gasteiger partial charge in [0.1, 0.15) is 0 Å². The summed E-state index contributed by atoms with van der Waals surface area (Å²) in [6.45, 7) is 9.87. The standard InChI is InChI=1S/C24H30O3S2Si/c1-5-19-9-11-20(12-10-19)13-14-21-15-16-22(28-21)23-17-18-24(29-23)30(25-6-2,26-7-3)27-8-4/h9-18H,5-8H2,1-4H3. The monoisotopic (exact) mass is 458 g/mol. The molecule has 0 N–H and O–H groups in total. The number of thiophene rings is 2. The molecule has 0 spiro atoms. The van der Waals surface area contributed by atoms with Crippen molar-refractivity contribution in [1.29, 1.82) is 0 Å². The summed E-state index contributed by atoms with van der Waals surface area (Å²) >= 11 is 3.51. The molecule has 0 saturated carbocycles. The Morgan fingerprint density at radius 2 is 1.30 bits per heavy atom. The zero-order valence-electron chi connectivity index (χ0n) is 18.1. The number of hydrogen-bond donors (Lipinski definition) is 0. The number of rotatable bonds is 11. The van der Waals surface area contributed by atoms with Crippen LogP contribution >= 0.6 is 22.7 Å². The molecule has 0 aliphatic carbocycles. The van der Waals surface area contributed by atoms with Crippen LogP contribution in [0.2, 0.25) is 0 Å². The van der Waals surface area contributed by atoms with Crippen molar-refractivity contribution in [3.8, 4) is 9.75 Å². The van der Waals surface area contributed by atoms with Gasteiger partial charge < -0.3 is 13.3 Å². The zero-order chi connectivity index (χ0) is 21.4. The molecule has 3 nitrogen and oxygen atoms in total. The maximum absolute atomic E-state index is 6.05. The van der Waals surface area contributed by atoms with E-state index >= 15 is 0 Å². The van der Waals surface area contributed by atoms with E-state index in [2.05, 4.69) is 67.6 Å². The molecule has 30 heavy (non-hydrogen) atoms. The molecule has 1 aromatic carbocycles. The lowest BCUT2D eigenvalue weighted by molar-refractivity contribution is 0.0866. The second kappa shape index (κ2) is 11.2. The molecule has 0 aliphatic heterocycles. The second-order valence-electron chi connectivity index (χ2n) is 6.65. The maximum atomic E-state index is 6.05. The highest BCUT2D eigenvalue weighted by atomic mass is 32.1. The van der Waals surface area contributed by atoms with Gasteiger partial charge in [0.15, 0.2) is 0 Å². The maximum Gasteiger partial charge on any atom is 0.547 e. The predicted molar refractivity (Wildman–Crippen MR) is 133 cm³/mol. The third-order valence-electron chi connectivity index (χ3n) is 4.61. The minimum atomic E-state index is -2.83. The minimum Gasteiger partial charge on any atom is -0.370 e. The van der Waals surface area contributed by atoms with Crippen molar-refractivity contribution in [2.24, 2.45) is 0 Å². The highest BCUT2D eigenvalue weighted by Crippen LogP contribution is 2.33. The molecule has 160 valence electrons. The van der Waals surface area contributed by atoms with E-state index in [9.17, 15) is 0 Å².